The zero-order valence-corrected chi connectivity index (χ0v) is 20.0. The average Bonchev–Trinajstić information content (AvgIpc) is 3.45. The molecule has 0 aliphatic carbocycles. The lowest BCUT2D eigenvalue weighted by atomic mass is 10.0. The van der Waals surface area contributed by atoms with Gasteiger partial charge in [0.15, 0.2) is 11.3 Å². The van der Waals surface area contributed by atoms with E-state index in [4.69, 9.17) is 11.6 Å². The van der Waals surface area contributed by atoms with Crippen LogP contribution in [0.2, 0.25) is 5.02 Å². The van der Waals surface area contributed by atoms with Crippen molar-refractivity contribution in [2.75, 3.05) is 7.05 Å². The molecule has 5 rings (SSSR count). The molecule has 3 aromatic heterocycles. The minimum absolute atomic E-state index is 0.0521. The molecule has 0 saturated carbocycles. The van der Waals surface area contributed by atoms with E-state index in [1.54, 1.807) is 16.8 Å². The molecule has 1 amide bonds. The van der Waals surface area contributed by atoms with Crippen LogP contribution in [0, 0.1) is 0 Å². The van der Waals surface area contributed by atoms with E-state index in [-0.39, 0.29) is 23.4 Å². The van der Waals surface area contributed by atoms with Gasteiger partial charge in [-0.25, -0.2) is 9.50 Å². The van der Waals surface area contributed by atoms with Crippen LogP contribution in [0.4, 0.5) is 13.2 Å². The number of fused-ring (bicyclic) bond motifs is 2. The summed E-state index contributed by atoms with van der Waals surface area (Å²) in [4.78, 5) is 19.2. The van der Waals surface area contributed by atoms with Gasteiger partial charge in [0.2, 0.25) is 0 Å². The van der Waals surface area contributed by atoms with Gasteiger partial charge in [0.1, 0.15) is 5.56 Å². The summed E-state index contributed by atoms with van der Waals surface area (Å²) in [6.45, 7) is 2.54. The number of alkyl halides is 3. The third-order valence-corrected chi connectivity index (χ3v) is 6.30. The van der Waals surface area contributed by atoms with Crippen molar-refractivity contribution < 1.29 is 18.0 Å². The van der Waals surface area contributed by atoms with Crippen LogP contribution >= 0.6 is 11.6 Å². The summed E-state index contributed by atoms with van der Waals surface area (Å²) in [5.74, 6) is -0.541. The molecular formula is C25H20ClF3N6O. The van der Waals surface area contributed by atoms with Crippen molar-refractivity contribution in [3.05, 3.63) is 82.9 Å². The van der Waals surface area contributed by atoms with Crippen molar-refractivity contribution in [1.29, 1.82) is 0 Å². The zero-order chi connectivity index (χ0) is 25.6. The Bertz CT molecular complexity index is 1600. The lowest BCUT2D eigenvalue weighted by molar-refractivity contribution is -0.142. The molecule has 0 N–H and O–H groups in total. The van der Waals surface area contributed by atoms with Gasteiger partial charge in [-0.05, 0) is 23.8 Å². The lowest BCUT2D eigenvalue weighted by Crippen LogP contribution is -2.27. The highest BCUT2D eigenvalue weighted by Gasteiger charge is 2.36. The standard InChI is InChI=1S/C25H20ClF3N6O/c1-3-34-21(19(26)13-30-34)14-33(2)24(36)18-12-31-35-22(25(27,28)29)11-20(32-23(18)35)17-10-6-8-15-7-4-5-9-16(15)17/h4-13H,3,14H2,1-2H3. The fourth-order valence-corrected chi connectivity index (χ4v) is 4.42. The molecule has 0 spiro atoms. The third-order valence-electron chi connectivity index (χ3n) is 5.99. The highest BCUT2D eigenvalue weighted by molar-refractivity contribution is 6.31. The van der Waals surface area contributed by atoms with Crippen LogP contribution in [0.5, 0.6) is 0 Å². The molecule has 0 atom stereocenters. The summed E-state index contributed by atoms with van der Waals surface area (Å²) >= 11 is 6.22. The van der Waals surface area contributed by atoms with Crippen molar-refractivity contribution in [3.8, 4) is 11.3 Å². The number of rotatable bonds is 5. The van der Waals surface area contributed by atoms with Crippen LogP contribution in [0.1, 0.15) is 28.7 Å². The molecule has 0 unspecified atom stereocenters. The monoisotopic (exact) mass is 512 g/mol. The van der Waals surface area contributed by atoms with Crippen LogP contribution in [0.15, 0.2) is 60.9 Å². The van der Waals surface area contributed by atoms with Crippen LogP contribution < -0.4 is 0 Å². The van der Waals surface area contributed by atoms with Gasteiger partial charge in [0.05, 0.1) is 35.3 Å². The molecule has 0 aliphatic heterocycles. The van der Waals surface area contributed by atoms with Crippen molar-refractivity contribution in [1.82, 2.24) is 29.3 Å². The maximum atomic E-state index is 14.1. The Morgan fingerprint density at radius 2 is 1.83 bits per heavy atom. The van der Waals surface area contributed by atoms with Gasteiger partial charge in [-0.2, -0.15) is 23.4 Å². The summed E-state index contributed by atoms with van der Waals surface area (Å²) < 4.78 is 44.5. The van der Waals surface area contributed by atoms with E-state index in [0.717, 1.165) is 23.0 Å². The van der Waals surface area contributed by atoms with E-state index in [0.29, 0.717) is 27.3 Å². The highest BCUT2D eigenvalue weighted by atomic mass is 35.5. The van der Waals surface area contributed by atoms with E-state index in [2.05, 4.69) is 15.2 Å². The maximum absolute atomic E-state index is 14.1. The van der Waals surface area contributed by atoms with Crippen LogP contribution in [0.3, 0.4) is 0 Å². The Hall–Kier alpha value is -3.92. The Balaban J connectivity index is 1.64. The molecule has 184 valence electrons. The average molecular weight is 513 g/mol. The number of aryl methyl sites for hydroxylation is 1. The number of nitrogens with zero attached hydrogens (tertiary/aromatic N) is 6. The highest BCUT2D eigenvalue weighted by Crippen LogP contribution is 2.35. The second-order valence-corrected chi connectivity index (χ2v) is 8.67. The van der Waals surface area contributed by atoms with Crippen molar-refractivity contribution in [3.63, 3.8) is 0 Å². The predicted molar refractivity (Wildman–Crippen MR) is 130 cm³/mol. The Morgan fingerprint density at radius 3 is 2.58 bits per heavy atom. The number of halogens is 4. The van der Waals surface area contributed by atoms with Gasteiger partial charge in [-0.3, -0.25) is 9.48 Å². The molecule has 0 radical (unpaired) electrons. The first kappa shape index (κ1) is 23.8. The fraction of sp³-hybridized carbons (Fsp3) is 0.200. The normalized spacial score (nSPS) is 11.9. The van der Waals surface area contributed by atoms with Gasteiger partial charge < -0.3 is 4.90 Å². The Kier molecular flexibility index (Phi) is 5.91. The lowest BCUT2D eigenvalue weighted by Gasteiger charge is -2.18. The van der Waals surface area contributed by atoms with Gasteiger partial charge in [-0.1, -0.05) is 54.1 Å². The molecule has 3 heterocycles. The molecule has 0 aliphatic rings. The van der Waals surface area contributed by atoms with Crippen LogP contribution in [-0.2, 0) is 19.3 Å². The zero-order valence-electron chi connectivity index (χ0n) is 19.3. The van der Waals surface area contributed by atoms with E-state index in [9.17, 15) is 18.0 Å². The SMILES string of the molecule is CCn1ncc(Cl)c1CN(C)C(=O)c1cnn2c(C(F)(F)F)cc(-c3cccc4ccccc34)nc12. The summed E-state index contributed by atoms with van der Waals surface area (Å²) in [5.41, 5.74) is -0.0248. The van der Waals surface area contributed by atoms with E-state index < -0.39 is 17.8 Å². The molecule has 7 nitrogen and oxygen atoms in total. The molecule has 11 heteroatoms. The minimum atomic E-state index is -4.72. The topological polar surface area (TPSA) is 68.3 Å². The van der Waals surface area contributed by atoms with Crippen molar-refractivity contribution in [2.24, 2.45) is 0 Å². The van der Waals surface area contributed by atoms with Gasteiger partial charge in [0, 0.05) is 19.2 Å². The summed E-state index contributed by atoms with van der Waals surface area (Å²) in [6, 6.07) is 13.6. The van der Waals surface area contributed by atoms with E-state index in [1.165, 1.54) is 18.1 Å². The second kappa shape index (κ2) is 8.94. The second-order valence-electron chi connectivity index (χ2n) is 8.26. The van der Waals surface area contributed by atoms with Gasteiger partial charge in [0.25, 0.3) is 5.91 Å². The fourth-order valence-electron chi connectivity index (χ4n) is 4.22. The number of carbonyl (C=O) groups excluding carboxylic acids is 1. The van der Waals surface area contributed by atoms with Crippen molar-refractivity contribution in [2.45, 2.75) is 26.2 Å². The van der Waals surface area contributed by atoms with E-state index in [1.807, 2.05) is 37.3 Å². The molecule has 0 saturated heterocycles. The predicted octanol–water partition coefficient (Wildman–Crippen LogP) is 5.71. The molecule has 2 aromatic carbocycles. The van der Waals surface area contributed by atoms with Crippen LogP contribution in [0.25, 0.3) is 27.7 Å². The van der Waals surface area contributed by atoms with E-state index >= 15 is 0 Å². The first-order chi connectivity index (χ1) is 17.2. The van der Waals surface area contributed by atoms with Crippen LogP contribution in [-0.4, -0.2) is 42.2 Å². The minimum Gasteiger partial charge on any atom is -0.336 e. The molecule has 5 aromatic rings. The third kappa shape index (κ3) is 4.07. The summed E-state index contributed by atoms with van der Waals surface area (Å²) in [7, 11) is 1.54. The summed E-state index contributed by atoms with van der Waals surface area (Å²) in [5, 5.41) is 10.0. The number of benzene rings is 2. The van der Waals surface area contributed by atoms with Gasteiger partial charge in [-0.15, -0.1) is 0 Å². The number of amides is 1. The quantitative estimate of drug-likeness (QED) is 0.302. The largest absolute Gasteiger partial charge is 0.433 e. The number of aromatic nitrogens is 5. The number of hydrogen-bond acceptors (Lipinski definition) is 4. The maximum Gasteiger partial charge on any atom is 0.433 e. The number of hydrogen-bond donors (Lipinski definition) is 0. The Labute approximate surface area is 208 Å². The first-order valence-electron chi connectivity index (χ1n) is 11.1. The van der Waals surface area contributed by atoms with Gasteiger partial charge >= 0.3 is 6.18 Å². The number of carbonyl (C=O) groups is 1. The van der Waals surface area contributed by atoms with Crippen molar-refractivity contribution >= 4 is 33.9 Å². The Morgan fingerprint density at radius 1 is 1.08 bits per heavy atom. The molecule has 0 fully saturated rings. The summed E-state index contributed by atoms with van der Waals surface area (Å²) in [6.07, 6.45) is -2.12. The molecular weight excluding hydrogens is 493 g/mol. The smallest absolute Gasteiger partial charge is 0.336 e. The molecule has 36 heavy (non-hydrogen) atoms. The molecule has 0 bridgehead atoms. The first-order valence-corrected chi connectivity index (χ1v) is 11.5.